The fourth-order valence-electron chi connectivity index (χ4n) is 3.69. The van der Waals surface area contributed by atoms with Gasteiger partial charge in [0.1, 0.15) is 16.9 Å². The standard InChI is InChI=1S/C17H16N2O.C7H7N5O/c1-3-15-18-14-11-7-8-12(2)16(14)17(20)19(15)13-9-5-4-6-10-13;8-6-5(7(9)13)4-2-1-3-10-12(4)11-6/h4-11H,3H2,1-2H3;1-3H,(H2,8,11)(H2,9,13). The van der Waals surface area contributed by atoms with Crippen molar-refractivity contribution in [2.45, 2.75) is 20.3 Å². The lowest BCUT2D eigenvalue weighted by molar-refractivity contribution is 0.100. The molecule has 166 valence electrons. The minimum Gasteiger partial charge on any atom is -0.381 e. The van der Waals surface area contributed by atoms with Gasteiger partial charge in [-0.15, -0.1) is 9.73 Å². The molecule has 3 heterocycles. The Balaban J connectivity index is 0.000000172. The van der Waals surface area contributed by atoms with Crippen LogP contribution in [0.1, 0.15) is 28.7 Å². The van der Waals surface area contributed by atoms with Crippen molar-refractivity contribution in [1.29, 1.82) is 0 Å². The number of nitrogens with zero attached hydrogens (tertiary/aromatic N) is 5. The number of nitrogen functional groups attached to an aromatic ring is 1. The van der Waals surface area contributed by atoms with E-state index in [2.05, 4.69) is 15.2 Å². The summed E-state index contributed by atoms with van der Waals surface area (Å²) in [5.74, 6) is 0.297. The van der Waals surface area contributed by atoms with Crippen molar-refractivity contribution in [3.63, 3.8) is 0 Å². The molecule has 0 atom stereocenters. The third-order valence-electron chi connectivity index (χ3n) is 5.20. The van der Waals surface area contributed by atoms with Crippen LogP contribution in [-0.4, -0.2) is 30.3 Å². The van der Waals surface area contributed by atoms with Crippen LogP contribution in [0.3, 0.4) is 0 Å². The molecular formula is C24H23N7O2. The lowest BCUT2D eigenvalue weighted by Crippen LogP contribution is -2.24. The molecule has 9 heteroatoms. The highest BCUT2D eigenvalue weighted by Gasteiger charge is 2.15. The second kappa shape index (κ2) is 8.91. The van der Waals surface area contributed by atoms with Crippen LogP contribution in [0.2, 0.25) is 0 Å². The van der Waals surface area contributed by atoms with Crippen LogP contribution >= 0.6 is 0 Å². The number of benzene rings is 2. The fraction of sp³-hybridized carbons (Fsp3) is 0.125. The molecule has 0 saturated heterocycles. The number of carbonyl (C=O) groups excluding carboxylic acids is 1. The predicted octanol–water partition coefficient (Wildman–Crippen LogP) is 2.67. The van der Waals surface area contributed by atoms with E-state index >= 15 is 0 Å². The molecule has 0 unspecified atom stereocenters. The Hall–Kier alpha value is -4.53. The van der Waals surface area contributed by atoms with Crippen LogP contribution in [0.4, 0.5) is 5.82 Å². The van der Waals surface area contributed by atoms with Crippen LogP contribution < -0.4 is 17.0 Å². The van der Waals surface area contributed by atoms with Gasteiger partial charge in [0, 0.05) is 12.6 Å². The van der Waals surface area contributed by atoms with Gasteiger partial charge in [0.05, 0.1) is 16.6 Å². The van der Waals surface area contributed by atoms with Crippen LogP contribution in [0.15, 0.2) is 71.7 Å². The largest absolute Gasteiger partial charge is 0.381 e. The van der Waals surface area contributed by atoms with Gasteiger partial charge in [-0.05, 0) is 42.8 Å². The maximum Gasteiger partial charge on any atom is 0.266 e. The number of amides is 1. The van der Waals surface area contributed by atoms with Crippen molar-refractivity contribution in [3.8, 4) is 5.69 Å². The number of primary amides is 1. The summed E-state index contributed by atoms with van der Waals surface area (Å²) in [6.07, 6.45) is 2.26. The molecule has 0 aliphatic rings. The monoisotopic (exact) mass is 441 g/mol. The summed E-state index contributed by atoms with van der Waals surface area (Å²) in [6, 6.07) is 18.8. The molecule has 9 nitrogen and oxygen atoms in total. The molecule has 0 saturated carbocycles. The average Bonchev–Trinajstić information content (AvgIpc) is 3.15. The quantitative estimate of drug-likeness (QED) is 0.442. The second-order valence-corrected chi connectivity index (χ2v) is 7.35. The van der Waals surface area contributed by atoms with Gasteiger partial charge in [0.15, 0.2) is 5.82 Å². The minimum absolute atomic E-state index is 0.0103. The Kier molecular flexibility index (Phi) is 5.86. The smallest absolute Gasteiger partial charge is 0.266 e. The number of para-hydroxylation sites is 1. The molecular weight excluding hydrogens is 418 g/mol. The molecule has 3 aromatic heterocycles. The normalized spacial score (nSPS) is 10.7. The van der Waals surface area contributed by atoms with Crippen molar-refractivity contribution in [3.05, 3.63) is 94.2 Å². The van der Waals surface area contributed by atoms with Crippen LogP contribution in [0, 0.1) is 6.92 Å². The highest BCUT2D eigenvalue weighted by atomic mass is 16.1. The van der Waals surface area contributed by atoms with Crippen LogP contribution in [0.25, 0.3) is 22.1 Å². The number of aryl methyl sites for hydroxylation is 2. The lowest BCUT2D eigenvalue weighted by atomic mass is 10.1. The van der Waals surface area contributed by atoms with Gasteiger partial charge in [-0.1, -0.05) is 37.3 Å². The second-order valence-electron chi connectivity index (χ2n) is 7.35. The zero-order valence-electron chi connectivity index (χ0n) is 18.3. The van der Waals surface area contributed by atoms with Crippen LogP contribution in [0.5, 0.6) is 0 Å². The Morgan fingerprint density at radius 3 is 2.48 bits per heavy atom. The molecule has 0 spiro atoms. The minimum atomic E-state index is -0.597. The van der Waals surface area contributed by atoms with Crippen LogP contribution in [-0.2, 0) is 6.42 Å². The van der Waals surface area contributed by atoms with Crippen molar-refractivity contribution in [1.82, 2.24) is 24.4 Å². The first-order valence-corrected chi connectivity index (χ1v) is 10.4. The summed E-state index contributed by atoms with van der Waals surface area (Å²) in [7, 11) is 0. The highest BCUT2D eigenvalue weighted by molar-refractivity contribution is 6.03. The van der Waals surface area contributed by atoms with E-state index in [0.717, 1.165) is 22.6 Å². The highest BCUT2D eigenvalue weighted by Crippen LogP contribution is 2.16. The average molecular weight is 441 g/mol. The summed E-state index contributed by atoms with van der Waals surface area (Å²) in [5.41, 5.74) is 14.0. The maximum atomic E-state index is 12.9. The van der Waals surface area contributed by atoms with Crippen molar-refractivity contribution >= 4 is 28.1 Å². The molecule has 1 amide bonds. The maximum absolute atomic E-state index is 12.9. The van der Waals surface area contributed by atoms with E-state index in [1.54, 1.807) is 22.9 Å². The molecule has 4 N–H and O–H groups in total. The van der Waals surface area contributed by atoms with Gasteiger partial charge in [-0.25, -0.2) is 4.98 Å². The van der Waals surface area contributed by atoms with Crippen molar-refractivity contribution in [2.24, 2.45) is 5.73 Å². The zero-order valence-corrected chi connectivity index (χ0v) is 18.3. The first-order chi connectivity index (χ1) is 15.9. The topological polar surface area (TPSA) is 134 Å². The van der Waals surface area contributed by atoms with E-state index in [-0.39, 0.29) is 16.9 Å². The summed E-state index contributed by atoms with van der Waals surface area (Å²) < 4.78 is 2.99. The Labute approximate surface area is 189 Å². The molecule has 0 bridgehead atoms. The van der Waals surface area contributed by atoms with Gasteiger partial charge in [0.2, 0.25) is 0 Å². The van der Waals surface area contributed by atoms with Crippen molar-refractivity contribution < 1.29 is 4.79 Å². The summed E-state index contributed by atoms with van der Waals surface area (Å²) >= 11 is 0. The molecule has 33 heavy (non-hydrogen) atoms. The van der Waals surface area contributed by atoms with E-state index < -0.39 is 5.91 Å². The molecule has 2 aromatic carbocycles. The van der Waals surface area contributed by atoms with Gasteiger partial charge < -0.3 is 11.5 Å². The molecule has 0 aliphatic heterocycles. The van der Waals surface area contributed by atoms with E-state index in [1.807, 2.05) is 62.4 Å². The molecule has 5 rings (SSSR count). The SMILES string of the molecule is CCc1nc2cccc(C)c2c(=O)n1-c1ccccc1.NC(=O)c1c(N)nn2ncccc12. The van der Waals surface area contributed by atoms with E-state index in [9.17, 15) is 9.59 Å². The lowest BCUT2D eigenvalue weighted by Gasteiger charge is -2.13. The molecule has 0 fully saturated rings. The Bertz CT molecular complexity index is 1520. The number of aromatic nitrogens is 5. The third kappa shape index (κ3) is 4.03. The number of nitrogens with two attached hydrogens (primary N) is 2. The number of rotatable bonds is 3. The first kappa shape index (κ1) is 21.7. The van der Waals surface area contributed by atoms with E-state index in [1.165, 1.54) is 4.63 Å². The van der Waals surface area contributed by atoms with E-state index in [0.29, 0.717) is 17.3 Å². The number of fused-ring (bicyclic) bond motifs is 2. The summed E-state index contributed by atoms with van der Waals surface area (Å²) in [5, 5.41) is 8.38. The number of anilines is 1. The fourth-order valence-corrected chi connectivity index (χ4v) is 3.69. The molecule has 0 aliphatic carbocycles. The third-order valence-corrected chi connectivity index (χ3v) is 5.20. The van der Waals surface area contributed by atoms with Gasteiger partial charge >= 0.3 is 0 Å². The summed E-state index contributed by atoms with van der Waals surface area (Å²) in [6.45, 7) is 3.97. The number of hydrogen-bond donors (Lipinski definition) is 2. The van der Waals surface area contributed by atoms with Crippen molar-refractivity contribution in [2.75, 3.05) is 5.73 Å². The van der Waals surface area contributed by atoms with Gasteiger partial charge in [-0.3, -0.25) is 14.2 Å². The Morgan fingerprint density at radius 2 is 1.79 bits per heavy atom. The summed E-state index contributed by atoms with van der Waals surface area (Å²) in [4.78, 5) is 28.5. The molecule has 5 aromatic rings. The molecule has 0 radical (unpaired) electrons. The number of carbonyl (C=O) groups is 1. The zero-order chi connectivity index (χ0) is 23.5. The number of hydrogen-bond acceptors (Lipinski definition) is 6. The van der Waals surface area contributed by atoms with Gasteiger partial charge in [-0.2, -0.15) is 5.10 Å². The van der Waals surface area contributed by atoms with Gasteiger partial charge in [0.25, 0.3) is 11.5 Å². The Morgan fingerprint density at radius 1 is 1.03 bits per heavy atom. The predicted molar refractivity (Wildman–Crippen MR) is 127 cm³/mol. The van der Waals surface area contributed by atoms with E-state index in [4.69, 9.17) is 11.5 Å². The first-order valence-electron chi connectivity index (χ1n) is 10.4.